The number of halogens is 4. The van der Waals surface area contributed by atoms with Crippen LogP contribution in [0.25, 0.3) is 12.2 Å². The molecule has 1 aromatic heterocycles. The van der Waals surface area contributed by atoms with E-state index in [-0.39, 0.29) is 35.9 Å². The Morgan fingerprint density at radius 1 is 1.09 bits per heavy atom. The van der Waals surface area contributed by atoms with Crippen LogP contribution in [-0.4, -0.2) is 30.5 Å². The molecule has 1 heterocycles. The SMILES string of the molecule is CN(C)C(CNc1oc(/C=C/c2ccc(F)cc2)nc1C#N)c1ccc(C(F)(F)F)cc1. The van der Waals surface area contributed by atoms with E-state index in [1.165, 1.54) is 24.3 Å². The van der Waals surface area contributed by atoms with Crippen molar-refractivity contribution in [3.05, 3.63) is 82.6 Å². The Labute approximate surface area is 182 Å². The van der Waals surface area contributed by atoms with Crippen molar-refractivity contribution in [2.75, 3.05) is 26.0 Å². The van der Waals surface area contributed by atoms with Gasteiger partial charge in [0.05, 0.1) is 11.6 Å². The number of likely N-dealkylation sites (N-methyl/N-ethyl adjacent to an activating group) is 1. The van der Waals surface area contributed by atoms with E-state index in [0.717, 1.165) is 17.7 Å². The third-order valence-corrected chi connectivity index (χ3v) is 4.74. The second-order valence-electron chi connectivity index (χ2n) is 7.21. The second kappa shape index (κ2) is 9.66. The number of oxazole rings is 1. The maximum atomic E-state index is 13.0. The van der Waals surface area contributed by atoms with E-state index < -0.39 is 11.7 Å². The summed E-state index contributed by atoms with van der Waals surface area (Å²) in [7, 11) is 3.60. The molecule has 5 nitrogen and oxygen atoms in total. The number of alkyl halides is 3. The Morgan fingerprint density at radius 3 is 2.31 bits per heavy atom. The molecular formula is C23H20F4N4O. The molecule has 166 valence electrons. The molecule has 0 radical (unpaired) electrons. The summed E-state index contributed by atoms with van der Waals surface area (Å²) in [5.74, 6) is -0.00524. The summed E-state index contributed by atoms with van der Waals surface area (Å²) in [5.41, 5.74) is 0.734. The second-order valence-corrected chi connectivity index (χ2v) is 7.21. The Balaban J connectivity index is 1.74. The topological polar surface area (TPSA) is 65.1 Å². The van der Waals surface area contributed by atoms with Crippen LogP contribution in [0.4, 0.5) is 23.4 Å². The summed E-state index contributed by atoms with van der Waals surface area (Å²) < 4.78 is 57.1. The molecule has 9 heteroatoms. The normalized spacial score (nSPS) is 12.8. The predicted molar refractivity (Wildman–Crippen MR) is 113 cm³/mol. The smallest absolute Gasteiger partial charge is 0.416 e. The first-order valence-corrected chi connectivity index (χ1v) is 9.59. The first-order chi connectivity index (χ1) is 15.2. The molecular weight excluding hydrogens is 424 g/mol. The Kier molecular flexibility index (Phi) is 6.95. The number of aromatic nitrogens is 1. The number of anilines is 1. The first kappa shape index (κ1) is 23.0. The fourth-order valence-corrected chi connectivity index (χ4v) is 3.03. The van der Waals surface area contributed by atoms with Gasteiger partial charge in [0.2, 0.25) is 17.5 Å². The van der Waals surface area contributed by atoms with Crippen LogP contribution in [-0.2, 0) is 6.18 Å². The summed E-state index contributed by atoms with van der Waals surface area (Å²) >= 11 is 0. The minimum Gasteiger partial charge on any atom is -0.420 e. The highest BCUT2D eigenvalue weighted by atomic mass is 19.4. The zero-order valence-electron chi connectivity index (χ0n) is 17.3. The highest BCUT2D eigenvalue weighted by Crippen LogP contribution is 2.31. The molecule has 1 N–H and O–H groups in total. The van der Waals surface area contributed by atoms with Gasteiger partial charge in [-0.1, -0.05) is 24.3 Å². The third-order valence-electron chi connectivity index (χ3n) is 4.74. The van der Waals surface area contributed by atoms with Crippen LogP contribution in [0, 0.1) is 17.1 Å². The molecule has 1 atom stereocenters. The fraction of sp³-hybridized carbons (Fsp3) is 0.217. The van der Waals surface area contributed by atoms with E-state index in [0.29, 0.717) is 5.56 Å². The number of nitriles is 1. The van der Waals surface area contributed by atoms with E-state index in [9.17, 15) is 22.8 Å². The van der Waals surface area contributed by atoms with Crippen LogP contribution in [0.1, 0.15) is 34.3 Å². The highest BCUT2D eigenvalue weighted by Gasteiger charge is 2.30. The number of rotatable bonds is 7. The molecule has 0 fully saturated rings. The quantitative estimate of drug-likeness (QED) is 0.482. The molecule has 0 aliphatic heterocycles. The molecule has 32 heavy (non-hydrogen) atoms. The first-order valence-electron chi connectivity index (χ1n) is 9.59. The van der Waals surface area contributed by atoms with E-state index >= 15 is 0 Å². The fourth-order valence-electron chi connectivity index (χ4n) is 3.03. The van der Waals surface area contributed by atoms with Gasteiger partial charge in [0.1, 0.15) is 11.9 Å². The lowest BCUT2D eigenvalue weighted by Gasteiger charge is -2.25. The number of benzene rings is 2. The molecule has 0 bridgehead atoms. The lowest BCUT2D eigenvalue weighted by molar-refractivity contribution is -0.137. The van der Waals surface area contributed by atoms with Crippen molar-refractivity contribution in [1.82, 2.24) is 9.88 Å². The number of hydrogen-bond donors (Lipinski definition) is 1. The number of nitrogens with zero attached hydrogens (tertiary/aromatic N) is 3. The van der Waals surface area contributed by atoms with Crippen molar-refractivity contribution >= 4 is 18.0 Å². The molecule has 2 aromatic carbocycles. The summed E-state index contributed by atoms with van der Waals surface area (Å²) in [6, 6.07) is 12.4. The van der Waals surface area contributed by atoms with Crippen LogP contribution in [0.15, 0.2) is 52.9 Å². The molecule has 3 aromatic rings. The van der Waals surface area contributed by atoms with Crippen molar-refractivity contribution < 1.29 is 22.0 Å². The van der Waals surface area contributed by atoms with Gasteiger partial charge in [-0.2, -0.15) is 23.4 Å². The predicted octanol–water partition coefficient (Wildman–Crippen LogP) is 5.59. The van der Waals surface area contributed by atoms with Gasteiger partial charge in [0, 0.05) is 12.6 Å². The van der Waals surface area contributed by atoms with Crippen LogP contribution < -0.4 is 5.32 Å². The van der Waals surface area contributed by atoms with Gasteiger partial charge in [-0.3, -0.25) is 0 Å². The summed E-state index contributed by atoms with van der Waals surface area (Å²) in [6.07, 6.45) is -1.18. The van der Waals surface area contributed by atoms with E-state index in [1.807, 2.05) is 11.0 Å². The average molecular weight is 444 g/mol. The third kappa shape index (κ3) is 5.74. The maximum absolute atomic E-state index is 13.0. The number of nitrogens with one attached hydrogen (secondary N) is 1. The number of hydrogen-bond acceptors (Lipinski definition) is 5. The molecule has 0 saturated heterocycles. The highest BCUT2D eigenvalue weighted by molar-refractivity contribution is 5.67. The standard InChI is InChI=1S/C23H20F4N4O/c1-31(2)20(16-6-8-17(9-7-16)23(25,26)27)14-29-22-19(13-28)30-21(32-22)12-5-15-3-10-18(24)11-4-15/h3-12,20,29H,14H2,1-2H3/b12-5+. The zero-order valence-corrected chi connectivity index (χ0v) is 17.3. The van der Waals surface area contributed by atoms with E-state index in [2.05, 4.69) is 10.3 Å². The van der Waals surface area contributed by atoms with E-state index in [4.69, 9.17) is 4.42 Å². The molecule has 3 rings (SSSR count). The Bertz CT molecular complexity index is 1110. The van der Waals surface area contributed by atoms with Crippen molar-refractivity contribution in [3.8, 4) is 6.07 Å². The molecule has 0 aliphatic carbocycles. The largest absolute Gasteiger partial charge is 0.420 e. The summed E-state index contributed by atoms with van der Waals surface area (Å²) in [5, 5.41) is 12.4. The maximum Gasteiger partial charge on any atom is 0.416 e. The van der Waals surface area contributed by atoms with Gasteiger partial charge in [-0.15, -0.1) is 0 Å². The van der Waals surface area contributed by atoms with Crippen molar-refractivity contribution in [1.29, 1.82) is 5.26 Å². The summed E-state index contributed by atoms with van der Waals surface area (Å²) in [4.78, 5) is 5.95. The molecule has 0 saturated carbocycles. The zero-order chi connectivity index (χ0) is 23.3. The Morgan fingerprint density at radius 2 is 1.75 bits per heavy atom. The average Bonchev–Trinajstić information content (AvgIpc) is 3.15. The van der Waals surface area contributed by atoms with Gasteiger partial charge in [0.15, 0.2) is 0 Å². The minimum absolute atomic E-state index is 0.0497. The van der Waals surface area contributed by atoms with Crippen molar-refractivity contribution in [2.45, 2.75) is 12.2 Å². The van der Waals surface area contributed by atoms with Crippen LogP contribution >= 0.6 is 0 Å². The van der Waals surface area contributed by atoms with Gasteiger partial charge in [-0.25, -0.2) is 4.39 Å². The van der Waals surface area contributed by atoms with Crippen molar-refractivity contribution in [3.63, 3.8) is 0 Å². The van der Waals surface area contributed by atoms with E-state index in [1.54, 1.807) is 38.4 Å². The van der Waals surface area contributed by atoms with Gasteiger partial charge in [-0.05, 0) is 55.6 Å². The van der Waals surface area contributed by atoms with Crippen LogP contribution in [0.2, 0.25) is 0 Å². The Hall–Kier alpha value is -3.64. The lowest BCUT2D eigenvalue weighted by atomic mass is 10.0. The molecule has 0 aliphatic rings. The summed E-state index contributed by atoms with van der Waals surface area (Å²) in [6.45, 7) is 0.267. The van der Waals surface area contributed by atoms with Crippen LogP contribution in [0.5, 0.6) is 0 Å². The molecule has 0 spiro atoms. The monoisotopic (exact) mass is 444 g/mol. The van der Waals surface area contributed by atoms with Gasteiger partial charge >= 0.3 is 6.18 Å². The van der Waals surface area contributed by atoms with Gasteiger partial charge in [0.25, 0.3) is 0 Å². The van der Waals surface area contributed by atoms with Gasteiger partial charge < -0.3 is 14.6 Å². The molecule has 0 amide bonds. The van der Waals surface area contributed by atoms with Crippen molar-refractivity contribution in [2.24, 2.45) is 0 Å². The van der Waals surface area contributed by atoms with Crippen LogP contribution in [0.3, 0.4) is 0 Å². The molecule has 1 unspecified atom stereocenters. The minimum atomic E-state index is -4.40. The lowest BCUT2D eigenvalue weighted by Crippen LogP contribution is -2.27.